The van der Waals surface area contributed by atoms with Gasteiger partial charge in [0, 0.05) is 13.7 Å². The second-order valence-electron chi connectivity index (χ2n) is 3.63. The zero-order chi connectivity index (χ0) is 13.1. The van der Waals surface area contributed by atoms with Crippen molar-refractivity contribution in [3.63, 3.8) is 0 Å². The highest BCUT2D eigenvalue weighted by atomic mass is 16.5. The fourth-order valence-electron chi connectivity index (χ4n) is 1.22. The normalized spacial score (nSPS) is 11.0. The van der Waals surface area contributed by atoms with Gasteiger partial charge in [-0.3, -0.25) is 0 Å². The van der Waals surface area contributed by atoms with Crippen molar-refractivity contribution in [1.82, 2.24) is 15.5 Å². The molecule has 0 unspecified atom stereocenters. The van der Waals surface area contributed by atoms with E-state index in [0.717, 1.165) is 6.54 Å². The highest BCUT2D eigenvalue weighted by Gasteiger charge is 2.00. The monoisotopic (exact) mass is 259 g/mol. The molecule has 0 bridgehead atoms. The van der Waals surface area contributed by atoms with Crippen molar-refractivity contribution in [3.8, 4) is 0 Å². The minimum absolute atomic E-state index is 0.564. The summed E-state index contributed by atoms with van der Waals surface area (Å²) in [5.41, 5.74) is 0. The molecule has 0 aliphatic heterocycles. The summed E-state index contributed by atoms with van der Waals surface area (Å²) in [6.07, 6.45) is 0. The molecule has 0 amide bonds. The minimum atomic E-state index is 0.564. The van der Waals surface area contributed by atoms with E-state index in [1.807, 2.05) is 0 Å². The zero-order valence-corrected chi connectivity index (χ0v) is 11.0. The lowest BCUT2D eigenvalue weighted by Gasteiger charge is -2.05. The van der Waals surface area contributed by atoms with Crippen LogP contribution in [0.15, 0.2) is 4.52 Å². The van der Waals surface area contributed by atoms with Gasteiger partial charge >= 0.3 is 0 Å². The zero-order valence-electron chi connectivity index (χ0n) is 11.0. The Kier molecular flexibility index (Phi) is 8.32. The van der Waals surface area contributed by atoms with E-state index in [4.69, 9.17) is 18.7 Å². The standard InChI is InChI=1S/C11H21N3O4/c1-10-13-11(18-14-10)9-12-3-4-16-7-8-17-6-5-15-2/h12H,3-9H2,1-2H3. The maximum atomic E-state index is 5.36. The fraction of sp³-hybridized carbons (Fsp3) is 0.818. The minimum Gasteiger partial charge on any atom is -0.382 e. The van der Waals surface area contributed by atoms with Crippen LogP contribution in [0.2, 0.25) is 0 Å². The van der Waals surface area contributed by atoms with Gasteiger partial charge in [-0.05, 0) is 6.92 Å². The van der Waals surface area contributed by atoms with Crippen molar-refractivity contribution >= 4 is 0 Å². The number of ether oxygens (including phenoxy) is 3. The Balaban J connectivity index is 1.81. The van der Waals surface area contributed by atoms with Gasteiger partial charge in [-0.2, -0.15) is 4.98 Å². The van der Waals surface area contributed by atoms with Gasteiger partial charge in [-0.25, -0.2) is 0 Å². The van der Waals surface area contributed by atoms with Gasteiger partial charge in [0.2, 0.25) is 5.89 Å². The number of nitrogens with one attached hydrogen (secondary N) is 1. The molecule has 0 saturated carbocycles. The third-order valence-electron chi connectivity index (χ3n) is 2.07. The van der Waals surface area contributed by atoms with Crippen LogP contribution in [0.1, 0.15) is 11.7 Å². The molecule has 0 aromatic carbocycles. The molecule has 0 atom stereocenters. The summed E-state index contributed by atoms with van der Waals surface area (Å²) in [4.78, 5) is 4.07. The van der Waals surface area contributed by atoms with Crippen LogP contribution in [0.4, 0.5) is 0 Å². The van der Waals surface area contributed by atoms with Crippen LogP contribution in [0.5, 0.6) is 0 Å². The predicted molar refractivity (Wildman–Crippen MR) is 64.3 cm³/mol. The Labute approximate surface area is 107 Å². The second kappa shape index (κ2) is 9.95. The number of hydrogen-bond donors (Lipinski definition) is 1. The first-order valence-corrected chi connectivity index (χ1v) is 5.97. The molecule has 7 nitrogen and oxygen atoms in total. The van der Waals surface area contributed by atoms with E-state index in [1.54, 1.807) is 14.0 Å². The highest BCUT2D eigenvalue weighted by Crippen LogP contribution is 1.93. The molecule has 1 N–H and O–H groups in total. The Morgan fingerprint density at radius 3 is 2.50 bits per heavy atom. The van der Waals surface area contributed by atoms with E-state index < -0.39 is 0 Å². The number of aromatic nitrogens is 2. The molecule has 18 heavy (non-hydrogen) atoms. The number of nitrogens with zero attached hydrogens (tertiary/aromatic N) is 2. The van der Waals surface area contributed by atoms with Crippen molar-refractivity contribution in [3.05, 3.63) is 11.7 Å². The molecular weight excluding hydrogens is 238 g/mol. The van der Waals surface area contributed by atoms with Gasteiger partial charge in [0.15, 0.2) is 5.82 Å². The quantitative estimate of drug-likeness (QED) is 0.566. The average molecular weight is 259 g/mol. The summed E-state index contributed by atoms with van der Waals surface area (Å²) in [5, 5.41) is 6.84. The Morgan fingerprint density at radius 2 is 1.83 bits per heavy atom. The molecule has 0 radical (unpaired) electrons. The molecule has 1 aromatic heterocycles. The summed E-state index contributed by atoms with van der Waals surface area (Å²) in [6, 6.07) is 0. The van der Waals surface area contributed by atoms with Crippen molar-refractivity contribution < 1.29 is 18.7 Å². The molecule has 1 heterocycles. The van der Waals surface area contributed by atoms with Gasteiger partial charge in [-0.1, -0.05) is 5.16 Å². The van der Waals surface area contributed by atoms with Crippen molar-refractivity contribution in [2.24, 2.45) is 0 Å². The smallest absolute Gasteiger partial charge is 0.240 e. The SMILES string of the molecule is COCCOCCOCCNCc1nc(C)no1. The van der Waals surface area contributed by atoms with E-state index in [9.17, 15) is 0 Å². The molecule has 0 saturated heterocycles. The van der Waals surface area contributed by atoms with E-state index in [0.29, 0.717) is 51.3 Å². The average Bonchev–Trinajstić information content (AvgIpc) is 2.77. The van der Waals surface area contributed by atoms with Crippen LogP contribution in [0.25, 0.3) is 0 Å². The maximum absolute atomic E-state index is 5.36. The molecule has 0 spiro atoms. The molecule has 7 heteroatoms. The van der Waals surface area contributed by atoms with Gasteiger partial charge in [0.25, 0.3) is 0 Å². The lowest BCUT2D eigenvalue weighted by Crippen LogP contribution is -2.20. The second-order valence-corrected chi connectivity index (χ2v) is 3.63. The molecule has 1 aromatic rings. The van der Waals surface area contributed by atoms with Crippen LogP contribution < -0.4 is 5.32 Å². The summed E-state index contributed by atoms with van der Waals surface area (Å²) in [7, 11) is 1.65. The number of methoxy groups -OCH3 is 1. The predicted octanol–water partition coefficient (Wildman–Crippen LogP) is 0.147. The van der Waals surface area contributed by atoms with Crippen LogP contribution in [0, 0.1) is 6.92 Å². The summed E-state index contributed by atoms with van der Waals surface area (Å²) in [6.45, 7) is 6.12. The molecular formula is C11H21N3O4. The van der Waals surface area contributed by atoms with Crippen LogP contribution in [0.3, 0.4) is 0 Å². The number of rotatable bonds is 11. The lowest BCUT2D eigenvalue weighted by molar-refractivity contribution is 0.0254. The first kappa shape index (κ1) is 15.0. The van der Waals surface area contributed by atoms with E-state index in [2.05, 4.69) is 15.5 Å². The first-order chi connectivity index (χ1) is 8.83. The van der Waals surface area contributed by atoms with E-state index in [-0.39, 0.29) is 0 Å². The Bertz CT molecular complexity index is 306. The lowest BCUT2D eigenvalue weighted by atomic mass is 10.5. The maximum Gasteiger partial charge on any atom is 0.240 e. The van der Waals surface area contributed by atoms with Gasteiger partial charge < -0.3 is 24.1 Å². The summed E-state index contributed by atoms with van der Waals surface area (Å²) < 4.78 is 20.4. The topological polar surface area (TPSA) is 78.6 Å². The van der Waals surface area contributed by atoms with Crippen molar-refractivity contribution in [2.45, 2.75) is 13.5 Å². The van der Waals surface area contributed by atoms with Gasteiger partial charge in [0.05, 0.1) is 39.6 Å². The molecule has 1 rings (SSSR count). The largest absolute Gasteiger partial charge is 0.382 e. The third kappa shape index (κ3) is 7.33. The summed E-state index contributed by atoms with van der Waals surface area (Å²) in [5.74, 6) is 1.24. The van der Waals surface area contributed by atoms with Crippen LogP contribution in [-0.4, -0.2) is 56.8 Å². The Morgan fingerprint density at radius 1 is 1.11 bits per heavy atom. The van der Waals surface area contributed by atoms with E-state index >= 15 is 0 Å². The fourth-order valence-corrected chi connectivity index (χ4v) is 1.22. The van der Waals surface area contributed by atoms with Gasteiger partial charge in [0.1, 0.15) is 0 Å². The van der Waals surface area contributed by atoms with E-state index in [1.165, 1.54) is 0 Å². The number of aryl methyl sites for hydroxylation is 1. The molecule has 0 aliphatic rings. The first-order valence-electron chi connectivity index (χ1n) is 5.97. The van der Waals surface area contributed by atoms with Gasteiger partial charge in [-0.15, -0.1) is 0 Å². The molecule has 0 fully saturated rings. The Hall–Kier alpha value is -1.02. The highest BCUT2D eigenvalue weighted by molar-refractivity contribution is 4.81. The van der Waals surface area contributed by atoms with Crippen LogP contribution >= 0.6 is 0 Å². The van der Waals surface area contributed by atoms with Crippen molar-refractivity contribution in [1.29, 1.82) is 0 Å². The number of hydrogen-bond acceptors (Lipinski definition) is 7. The third-order valence-corrected chi connectivity index (χ3v) is 2.07. The molecule has 0 aliphatic carbocycles. The molecule has 104 valence electrons. The van der Waals surface area contributed by atoms with Crippen LogP contribution in [-0.2, 0) is 20.8 Å². The summed E-state index contributed by atoms with van der Waals surface area (Å²) >= 11 is 0. The van der Waals surface area contributed by atoms with Crippen molar-refractivity contribution in [2.75, 3.05) is 46.7 Å².